The molecule has 1 aliphatic rings. The fourth-order valence-corrected chi connectivity index (χ4v) is 0.679. The van der Waals surface area contributed by atoms with Crippen LogP contribution in [0, 0.1) is 5.92 Å². The molecular weight excluding hydrogens is 100 g/mol. The molecule has 0 aromatic heterocycles. The first-order valence-electron chi connectivity index (χ1n) is 3.51. The van der Waals surface area contributed by atoms with Crippen LogP contribution in [0.5, 0.6) is 0 Å². The van der Waals surface area contributed by atoms with Gasteiger partial charge < -0.3 is 4.74 Å². The topological polar surface area (TPSA) is 9.23 Å². The molecule has 0 atom stereocenters. The van der Waals surface area contributed by atoms with E-state index >= 15 is 0 Å². The van der Waals surface area contributed by atoms with E-state index in [9.17, 15) is 0 Å². The van der Waals surface area contributed by atoms with Gasteiger partial charge in [0.2, 0.25) is 0 Å². The number of rotatable bonds is 4. The molecule has 0 amide bonds. The molecule has 1 rings (SSSR count). The summed E-state index contributed by atoms with van der Waals surface area (Å²) >= 11 is 0. The molecule has 0 bridgehead atoms. The van der Waals surface area contributed by atoms with Gasteiger partial charge in [-0.15, -0.1) is 0 Å². The molecule has 8 heavy (non-hydrogen) atoms. The highest BCUT2D eigenvalue weighted by Crippen LogP contribution is 2.28. The highest BCUT2D eigenvalue weighted by atomic mass is 16.5. The molecule has 0 N–H and O–H groups in total. The Bertz CT molecular complexity index is 57.4. The Kier molecular flexibility index (Phi) is 2.34. The van der Waals surface area contributed by atoms with Crippen LogP contribution in [0.3, 0.4) is 0 Å². The highest BCUT2D eigenvalue weighted by molar-refractivity contribution is 4.71. The van der Waals surface area contributed by atoms with E-state index in [0.29, 0.717) is 0 Å². The second-order valence-electron chi connectivity index (χ2n) is 2.52. The summed E-state index contributed by atoms with van der Waals surface area (Å²) in [6.07, 6.45) is 3.97. The van der Waals surface area contributed by atoms with Crippen molar-refractivity contribution in [1.29, 1.82) is 0 Å². The maximum atomic E-state index is 5.31. The second kappa shape index (κ2) is 3.08. The summed E-state index contributed by atoms with van der Waals surface area (Å²) in [7, 11) is 0. The molecule has 0 aromatic rings. The third-order valence-electron chi connectivity index (χ3n) is 1.40. The van der Waals surface area contributed by atoms with Crippen LogP contribution in [0.25, 0.3) is 0 Å². The minimum Gasteiger partial charge on any atom is -0.381 e. The average molecular weight is 114 g/mol. The first kappa shape index (κ1) is 6.09. The Morgan fingerprint density at radius 1 is 1.50 bits per heavy atom. The molecule has 1 heteroatoms. The van der Waals surface area contributed by atoms with Gasteiger partial charge in [-0.25, -0.2) is 0 Å². The van der Waals surface area contributed by atoms with Crippen LogP contribution >= 0.6 is 0 Å². The zero-order valence-electron chi connectivity index (χ0n) is 5.52. The van der Waals surface area contributed by atoms with Gasteiger partial charge >= 0.3 is 0 Å². The lowest BCUT2D eigenvalue weighted by atomic mass is 10.4. The van der Waals surface area contributed by atoms with Gasteiger partial charge in [-0.2, -0.15) is 0 Å². The maximum absolute atomic E-state index is 5.31. The molecule has 1 saturated carbocycles. The Balaban J connectivity index is 1.74. The third-order valence-corrected chi connectivity index (χ3v) is 1.40. The first-order chi connectivity index (χ1) is 3.93. The Hall–Kier alpha value is -0.0400. The maximum Gasteiger partial charge on any atom is 0.0494 e. The molecular formula is C7H14O. The van der Waals surface area contributed by atoms with Crippen molar-refractivity contribution in [3.05, 3.63) is 0 Å². The van der Waals surface area contributed by atoms with Crippen LogP contribution in [-0.4, -0.2) is 13.2 Å². The molecule has 0 unspecified atom stereocenters. The van der Waals surface area contributed by atoms with Gasteiger partial charge in [-0.05, 0) is 25.2 Å². The largest absolute Gasteiger partial charge is 0.381 e. The number of hydrogen-bond donors (Lipinski definition) is 0. The van der Waals surface area contributed by atoms with Crippen molar-refractivity contribution < 1.29 is 4.74 Å². The van der Waals surface area contributed by atoms with Crippen LogP contribution in [0.4, 0.5) is 0 Å². The summed E-state index contributed by atoms with van der Waals surface area (Å²) in [4.78, 5) is 0. The predicted molar refractivity (Wildman–Crippen MR) is 33.8 cm³/mol. The molecule has 1 nitrogen and oxygen atoms in total. The Morgan fingerprint density at radius 3 is 2.75 bits per heavy atom. The minimum absolute atomic E-state index is 0.932. The lowest BCUT2D eigenvalue weighted by Gasteiger charge is -1.97. The van der Waals surface area contributed by atoms with E-state index in [2.05, 4.69) is 6.92 Å². The third kappa shape index (κ3) is 2.31. The quantitative estimate of drug-likeness (QED) is 0.506. The van der Waals surface area contributed by atoms with Crippen LogP contribution in [0.15, 0.2) is 0 Å². The van der Waals surface area contributed by atoms with Crippen LogP contribution in [-0.2, 0) is 4.74 Å². The van der Waals surface area contributed by atoms with Gasteiger partial charge in [0, 0.05) is 13.2 Å². The smallest absolute Gasteiger partial charge is 0.0494 e. The fourth-order valence-electron chi connectivity index (χ4n) is 0.679. The van der Waals surface area contributed by atoms with Crippen molar-refractivity contribution in [1.82, 2.24) is 0 Å². The van der Waals surface area contributed by atoms with E-state index < -0.39 is 0 Å². The van der Waals surface area contributed by atoms with E-state index in [0.717, 1.165) is 25.6 Å². The summed E-state index contributed by atoms with van der Waals surface area (Å²) in [5, 5.41) is 0. The van der Waals surface area contributed by atoms with E-state index in [-0.39, 0.29) is 0 Å². The Labute approximate surface area is 51.0 Å². The van der Waals surface area contributed by atoms with E-state index in [1.165, 1.54) is 12.8 Å². The van der Waals surface area contributed by atoms with Crippen molar-refractivity contribution >= 4 is 0 Å². The van der Waals surface area contributed by atoms with Crippen molar-refractivity contribution in [2.24, 2.45) is 5.92 Å². The van der Waals surface area contributed by atoms with Gasteiger partial charge in [-0.1, -0.05) is 6.92 Å². The SMILES string of the molecule is CCCOCC1CC1. The lowest BCUT2D eigenvalue weighted by molar-refractivity contribution is 0.125. The molecule has 1 aliphatic carbocycles. The summed E-state index contributed by atoms with van der Waals surface area (Å²) in [5.41, 5.74) is 0. The summed E-state index contributed by atoms with van der Waals surface area (Å²) < 4.78 is 5.31. The van der Waals surface area contributed by atoms with Gasteiger partial charge in [0.1, 0.15) is 0 Å². The zero-order valence-corrected chi connectivity index (χ0v) is 5.52. The highest BCUT2D eigenvalue weighted by Gasteiger charge is 2.20. The zero-order chi connectivity index (χ0) is 5.82. The van der Waals surface area contributed by atoms with Crippen molar-refractivity contribution in [2.45, 2.75) is 26.2 Å². The molecule has 0 aliphatic heterocycles. The van der Waals surface area contributed by atoms with Crippen molar-refractivity contribution in [3.63, 3.8) is 0 Å². The van der Waals surface area contributed by atoms with Gasteiger partial charge in [-0.3, -0.25) is 0 Å². The van der Waals surface area contributed by atoms with Crippen LogP contribution in [0.1, 0.15) is 26.2 Å². The lowest BCUT2D eigenvalue weighted by Crippen LogP contribution is -1.96. The van der Waals surface area contributed by atoms with Crippen LogP contribution in [0.2, 0.25) is 0 Å². The van der Waals surface area contributed by atoms with Gasteiger partial charge in [0.05, 0.1) is 0 Å². The molecule has 0 heterocycles. The summed E-state index contributed by atoms with van der Waals surface area (Å²) in [5.74, 6) is 0.932. The first-order valence-corrected chi connectivity index (χ1v) is 3.51. The Morgan fingerprint density at radius 2 is 2.25 bits per heavy atom. The van der Waals surface area contributed by atoms with Gasteiger partial charge in [0.15, 0.2) is 0 Å². The molecule has 1 fully saturated rings. The second-order valence-corrected chi connectivity index (χ2v) is 2.52. The summed E-state index contributed by atoms with van der Waals surface area (Å²) in [6, 6.07) is 0. The van der Waals surface area contributed by atoms with Crippen molar-refractivity contribution in [2.75, 3.05) is 13.2 Å². The molecule has 0 spiro atoms. The standard InChI is InChI=1S/C7H14O/c1-2-5-8-6-7-3-4-7/h7H,2-6H2,1H3. The molecule has 0 aromatic carbocycles. The molecule has 48 valence electrons. The van der Waals surface area contributed by atoms with E-state index in [1.54, 1.807) is 0 Å². The van der Waals surface area contributed by atoms with Crippen molar-refractivity contribution in [3.8, 4) is 0 Å². The predicted octanol–water partition coefficient (Wildman–Crippen LogP) is 1.82. The van der Waals surface area contributed by atoms with Crippen LogP contribution < -0.4 is 0 Å². The molecule has 0 saturated heterocycles. The van der Waals surface area contributed by atoms with E-state index in [1.807, 2.05) is 0 Å². The normalized spacial score (nSPS) is 19.1. The van der Waals surface area contributed by atoms with E-state index in [4.69, 9.17) is 4.74 Å². The molecule has 0 radical (unpaired) electrons. The monoisotopic (exact) mass is 114 g/mol. The number of ether oxygens (including phenoxy) is 1. The van der Waals surface area contributed by atoms with Gasteiger partial charge in [0.25, 0.3) is 0 Å². The fraction of sp³-hybridized carbons (Fsp3) is 1.00. The number of hydrogen-bond acceptors (Lipinski definition) is 1. The minimum atomic E-state index is 0.932. The average Bonchev–Trinajstić information content (AvgIpc) is 2.51. The summed E-state index contributed by atoms with van der Waals surface area (Å²) in [6.45, 7) is 4.12.